The van der Waals surface area contributed by atoms with E-state index >= 15 is 0 Å². The van der Waals surface area contributed by atoms with Crippen molar-refractivity contribution in [3.05, 3.63) is 83.7 Å². The average Bonchev–Trinajstić information content (AvgIpc) is 3.56. The molecular weight excluding hydrogens is 488 g/mol. The van der Waals surface area contributed by atoms with Crippen molar-refractivity contribution >= 4 is 39.4 Å². The summed E-state index contributed by atoms with van der Waals surface area (Å²) in [6.45, 7) is 4.06. The maximum absolute atomic E-state index is 12.7. The Morgan fingerprint density at radius 1 is 1.00 bits per heavy atom. The number of rotatable bonds is 8. The minimum Gasteiger partial charge on any atom is -0.494 e. The van der Waals surface area contributed by atoms with Gasteiger partial charge in [-0.2, -0.15) is 0 Å². The van der Waals surface area contributed by atoms with Gasteiger partial charge in [0.15, 0.2) is 11.2 Å². The van der Waals surface area contributed by atoms with E-state index in [1.54, 1.807) is 18.2 Å². The molecule has 0 fully saturated rings. The van der Waals surface area contributed by atoms with Gasteiger partial charge >= 0.3 is 5.97 Å². The number of anilines is 1. The second-order valence-electron chi connectivity index (χ2n) is 8.22. The van der Waals surface area contributed by atoms with Crippen molar-refractivity contribution in [1.29, 1.82) is 0 Å². The van der Waals surface area contributed by atoms with Crippen molar-refractivity contribution in [3.8, 4) is 28.4 Å². The molecule has 1 amide bonds. The Labute approximate surface area is 217 Å². The molecule has 2 N–H and O–H groups in total. The van der Waals surface area contributed by atoms with Gasteiger partial charge in [-0.05, 0) is 56.3 Å². The summed E-state index contributed by atoms with van der Waals surface area (Å²) in [5.74, 6) is 0.431. The molecule has 0 radical (unpaired) electrons. The maximum atomic E-state index is 12.7. The molecule has 2 heterocycles. The summed E-state index contributed by atoms with van der Waals surface area (Å²) in [4.78, 5) is 37.7. The number of ether oxygens (including phenoxy) is 2. The Kier molecular flexibility index (Phi) is 6.96. The number of carbonyl (C=O) groups excluding carboxylic acids is 2. The zero-order chi connectivity index (χ0) is 25.8. The van der Waals surface area contributed by atoms with E-state index < -0.39 is 18.0 Å². The molecule has 8 nitrogen and oxygen atoms in total. The van der Waals surface area contributed by atoms with Crippen LogP contribution in [0.15, 0.2) is 78.2 Å². The number of thiazole rings is 1. The number of amides is 1. The first-order valence-electron chi connectivity index (χ1n) is 11.8. The molecule has 5 aromatic rings. The molecule has 9 heteroatoms. The van der Waals surface area contributed by atoms with E-state index in [4.69, 9.17) is 9.47 Å². The highest BCUT2D eigenvalue weighted by molar-refractivity contribution is 7.14. The SMILES string of the molecule is CCOc1ccc(-c2csc(NC(=O)C(C)OC(=O)c3ccc4nc(-c5ccccc5)[nH]c4c3)n2)cc1. The average molecular weight is 513 g/mol. The van der Waals surface area contributed by atoms with Gasteiger partial charge in [0.05, 0.1) is 28.9 Å². The van der Waals surface area contributed by atoms with Gasteiger partial charge in [-0.15, -0.1) is 11.3 Å². The molecule has 0 saturated carbocycles. The second-order valence-corrected chi connectivity index (χ2v) is 9.07. The lowest BCUT2D eigenvalue weighted by Gasteiger charge is -2.12. The number of hydrogen-bond donors (Lipinski definition) is 2. The molecule has 5 rings (SSSR count). The minimum atomic E-state index is -1.01. The number of aromatic nitrogens is 3. The predicted octanol–water partition coefficient (Wildman–Crippen LogP) is 5.94. The van der Waals surface area contributed by atoms with Gasteiger partial charge in [0.25, 0.3) is 5.91 Å². The summed E-state index contributed by atoms with van der Waals surface area (Å²) in [5, 5.41) is 4.99. The Hall–Kier alpha value is -4.50. The normalized spacial score (nSPS) is 11.7. The third kappa shape index (κ3) is 5.52. The molecule has 186 valence electrons. The van der Waals surface area contributed by atoms with Crippen LogP contribution in [0.25, 0.3) is 33.7 Å². The molecule has 0 aliphatic carbocycles. The summed E-state index contributed by atoms with van der Waals surface area (Å²) >= 11 is 1.30. The highest BCUT2D eigenvalue weighted by Crippen LogP contribution is 2.27. The largest absolute Gasteiger partial charge is 0.494 e. The van der Waals surface area contributed by atoms with Crippen LogP contribution in [0.3, 0.4) is 0 Å². The molecule has 0 aliphatic heterocycles. The fourth-order valence-corrected chi connectivity index (χ4v) is 4.43. The number of benzene rings is 3. The van der Waals surface area contributed by atoms with Gasteiger partial charge in [0, 0.05) is 16.5 Å². The summed E-state index contributed by atoms with van der Waals surface area (Å²) in [7, 11) is 0. The minimum absolute atomic E-state index is 0.322. The van der Waals surface area contributed by atoms with Crippen molar-refractivity contribution in [3.63, 3.8) is 0 Å². The van der Waals surface area contributed by atoms with Crippen LogP contribution in [-0.4, -0.2) is 39.5 Å². The monoisotopic (exact) mass is 512 g/mol. The maximum Gasteiger partial charge on any atom is 0.338 e. The zero-order valence-corrected chi connectivity index (χ0v) is 21.0. The van der Waals surface area contributed by atoms with E-state index in [2.05, 4.69) is 20.3 Å². The van der Waals surface area contributed by atoms with Gasteiger partial charge < -0.3 is 14.5 Å². The third-order valence-electron chi connectivity index (χ3n) is 5.61. The molecule has 37 heavy (non-hydrogen) atoms. The summed E-state index contributed by atoms with van der Waals surface area (Å²) in [6.07, 6.45) is -1.01. The van der Waals surface area contributed by atoms with Gasteiger partial charge in [0.2, 0.25) is 0 Å². The molecule has 0 bridgehead atoms. The van der Waals surface area contributed by atoms with E-state index in [0.717, 1.165) is 28.1 Å². The number of nitrogens with zero attached hydrogens (tertiary/aromatic N) is 2. The van der Waals surface area contributed by atoms with Crippen LogP contribution in [0, 0.1) is 0 Å². The number of fused-ring (bicyclic) bond motifs is 1. The first kappa shape index (κ1) is 24.2. The Balaban J connectivity index is 1.21. The van der Waals surface area contributed by atoms with Crippen LogP contribution < -0.4 is 10.1 Å². The fraction of sp³-hybridized carbons (Fsp3) is 0.143. The highest BCUT2D eigenvalue weighted by atomic mass is 32.1. The van der Waals surface area contributed by atoms with E-state index in [0.29, 0.717) is 28.6 Å². The lowest BCUT2D eigenvalue weighted by molar-refractivity contribution is -0.123. The molecule has 2 aromatic heterocycles. The lowest BCUT2D eigenvalue weighted by atomic mass is 10.2. The number of hydrogen-bond acceptors (Lipinski definition) is 7. The second kappa shape index (κ2) is 10.6. The first-order chi connectivity index (χ1) is 18.0. The molecule has 0 aliphatic rings. The highest BCUT2D eigenvalue weighted by Gasteiger charge is 2.21. The van der Waals surface area contributed by atoms with Crippen molar-refractivity contribution in [2.24, 2.45) is 0 Å². The quantitative estimate of drug-likeness (QED) is 0.249. The number of esters is 1. The Morgan fingerprint density at radius 3 is 2.54 bits per heavy atom. The van der Waals surface area contributed by atoms with Crippen molar-refractivity contribution in [2.45, 2.75) is 20.0 Å². The number of aromatic amines is 1. The fourth-order valence-electron chi connectivity index (χ4n) is 3.71. The molecular formula is C28H24N4O4S. The summed E-state index contributed by atoms with van der Waals surface area (Å²) < 4.78 is 10.9. The molecule has 0 spiro atoms. The molecule has 1 atom stereocenters. The number of H-pyrrole nitrogens is 1. The van der Waals surface area contributed by atoms with Gasteiger partial charge in [0.1, 0.15) is 11.6 Å². The standard InChI is InChI=1S/C28H24N4O4S/c1-3-35-21-12-9-18(10-13-21)24-16-37-28(31-24)32-26(33)17(2)36-27(34)20-11-14-22-23(15-20)30-25(29-22)19-7-5-4-6-8-19/h4-17H,3H2,1-2H3,(H,29,30)(H,31,32,33). The van der Waals surface area contributed by atoms with E-state index in [1.807, 2.05) is 66.9 Å². The smallest absolute Gasteiger partial charge is 0.338 e. The third-order valence-corrected chi connectivity index (χ3v) is 6.37. The number of imidazole rings is 1. The van der Waals surface area contributed by atoms with Crippen molar-refractivity contribution < 1.29 is 19.1 Å². The number of nitrogens with one attached hydrogen (secondary N) is 2. The van der Waals surface area contributed by atoms with Gasteiger partial charge in [-0.3, -0.25) is 10.1 Å². The zero-order valence-electron chi connectivity index (χ0n) is 20.2. The lowest BCUT2D eigenvalue weighted by Crippen LogP contribution is -2.29. The Morgan fingerprint density at radius 2 is 1.78 bits per heavy atom. The predicted molar refractivity (Wildman–Crippen MR) is 144 cm³/mol. The number of carbonyl (C=O) groups is 2. The first-order valence-corrected chi connectivity index (χ1v) is 12.6. The van der Waals surface area contributed by atoms with E-state index in [-0.39, 0.29) is 0 Å². The molecule has 3 aromatic carbocycles. The van der Waals surface area contributed by atoms with Crippen LogP contribution in [-0.2, 0) is 9.53 Å². The van der Waals surface area contributed by atoms with Crippen LogP contribution in [0.2, 0.25) is 0 Å². The van der Waals surface area contributed by atoms with E-state index in [9.17, 15) is 9.59 Å². The van der Waals surface area contributed by atoms with Crippen LogP contribution >= 0.6 is 11.3 Å². The topological polar surface area (TPSA) is 106 Å². The van der Waals surface area contributed by atoms with Crippen molar-refractivity contribution in [1.82, 2.24) is 15.0 Å². The van der Waals surface area contributed by atoms with Crippen molar-refractivity contribution in [2.75, 3.05) is 11.9 Å². The van der Waals surface area contributed by atoms with Crippen LogP contribution in [0.4, 0.5) is 5.13 Å². The molecule has 0 saturated heterocycles. The van der Waals surface area contributed by atoms with Gasteiger partial charge in [-0.25, -0.2) is 14.8 Å². The summed E-state index contributed by atoms with van der Waals surface area (Å²) in [5.41, 5.74) is 4.34. The van der Waals surface area contributed by atoms with Gasteiger partial charge in [-0.1, -0.05) is 30.3 Å². The molecule has 1 unspecified atom stereocenters. The van der Waals surface area contributed by atoms with E-state index in [1.165, 1.54) is 18.3 Å². The van der Waals surface area contributed by atoms with Crippen LogP contribution in [0.1, 0.15) is 24.2 Å². The summed E-state index contributed by atoms with van der Waals surface area (Å²) in [6, 6.07) is 22.3. The van der Waals surface area contributed by atoms with Crippen LogP contribution in [0.5, 0.6) is 5.75 Å². The Bertz CT molecular complexity index is 1540.